The summed E-state index contributed by atoms with van der Waals surface area (Å²) in [4.78, 5) is 33.4. The summed E-state index contributed by atoms with van der Waals surface area (Å²) in [6.07, 6.45) is 3.40. The number of ether oxygens (including phenoxy) is 1. The number of fused-ring (bicyclic) bond motifs is 2. The van der Waals surface area contributed by atoms with Gasteiger partial charge in [-0.1, -0.05) is 96.4 Å². The van der Waals surface area contributed by atoms with E-state index in [9.17, 15) is 14.7 Å². The molecule has 0 spiro atoms. The molecule has 1 saturated heterocycles. The van der Waals surface area contributed by atoms with Gasteiger partial charge in [0.2, 0.25) is 5.13 Å². The summed E-state index contributed by atoms with van der Waals surface area (Å²) in [5.74, 6) is -0.685. The first-order chi connectivity index (χ1) is 22.4. The first kappa shape index (κ1) is 29.5. The van der Waals surface area contributed by atoms with Gasteiger partial charge in [0.1, 0.15) is 23.7 Å². The molecule has 1 atom stereocenters. The molecule has 1 unspecified atom stereocenters. The highest BCUT2D eigenvalue weighted by Crippen LogP contribution is 2.44. The van der Waals surface area contributed by atoms with E-state index < -0.39 is 17.7 Å². The van der Waals surface area contributed by atoms with Crippen LogP contribution in [0.5, 0.6) is 5.75 Å². The van der Waals surface area contributed by atoms with Crippen molar-refractivity contribution in [3.63, 3.8) is 0 Å². The molecule has 46 heavy (non-hydrogen) atoms. The largest absolute Gasteiger partial charge is 0.505 e. The third-order valence-electron chi connectivity index (χ3n) is 7.77. The molecule has 3 aromatic carbocycles. The molecule has 11 heteroatoms. The number of carbonyl (C=O) groups excluding carboxylic acids is 2. The average Bonchev–Trinajstić information content (AvgIpc) is 3.76. The number of rotatable bonds is 9. The number of pyridine rings is 1. The van der Waals surface area contributed by atoms with E-state index in [0.717, 1.165) is 16.3 Å². The topological polar surface area (TPSA) is 110 Å². The Morgan fingerprint density at radius 2 is 1.80 bits per heavy atom. The van der Waals surface area contributed by atoms with E-state index in [1.807, 2.05) is 30.3 Å². The minimum absolute atomic E-state index is 0.0568. The molecule has 3 aromatic heterocycles. The van der Waals surface area contributed by atoms with Gasteiger partial charge in [0, 0.05) is 11.9 Å². The molecule has 7 rings (SSSR count). The van der Waals surface area contributed by atoms with Gasteiger partial charge in [-0.25, -0.2) is 4.98 Å². The van der Waals surface area contributed by atoms with Crippen molar-refractivity contribution in [3.8, 4) is 5.75 Å². The van der Waals surface area contributed by atoms with Crippen molar-refractivity contribution < 1.29 is 19.4 Å². The Labute approximate surface area is 272 Å². The first-order valence-corrected chi connectivity index (χ1v) is 16.3. The molecule has 4 heterocycles. The number of Topliss-reactive ketones (excluding diaryl/α,β-unsaturated/α-hetero) is 1. The Morgan fingerprint density at radius 1 is 1.02 bits per heavy atom. The number of carbonyl (C=O) groups is 2. The molecule has 6 aromatic rings. The van der Waals surface area contributed by atoms with Crippen molar-refractivity contribution >= 4 is 62.1 Å². The Balaban J connectivity index is 1.28. The second kappa shape index (κ2) is 12.3. The molecule has 1 aliphatic rings. The zero-order valence-electron chi connectivity index (χ0n) is 24.7. The summed E-state index contributed by atoms with van der Waals surface area (Å²) in [5, 5.41) is 23.1. The molecule has 1 aliphatic heterocycles. The fraction of sp³-hybridized carbons (Fsp3) is 0.114. The lowest BCUT2D eigenvalue weighted by atomic mass is 9.96. The molecular weight excluding hydrogens is 619 g/mol. The number of thioether (sulfide) groups is 1. The van der Waals surface area contributed by atoms with Crippen molar-refractivity contribution in [2.24, 2.45) is 0 Å². The van der Waals surface area contributed by atoms with E-state index >= 15 is 0 Å². The number of imidazole rings is 1. The smallest absolute Gasteiger partial charge is 0.301 e. The van der Waals surface area contributed by atoms with Crippen LogP contribution in [0.4, 0.5) is 5.13 Å². The minimum atomic E-state index is -0.967. The normalized spacial score (nSPS) is 16.0. The van der Waals surface area contributed by atoms with E-state index in [2.05, 4.69) is 46.0 Å². The number of nitrogens with zero attached hydrogens (tertiary/aromatic N) is 5. The van der Waals surface area contributed by atoms with E-state index in [0.29, 0.717) is 45.0 Å². The molecule has 1 N–H and O–H groups in total. The van der Waals surface area contributed by atoms with E-state index in [-0.39, 0.29) is 16.5 Å². The number of hydrogen-bond donors (Lipinski definition) is 1. The third kappa shape index (κ3) is 5.23. The molecular formula is C35H27N5O4S2. The van der Waals surface area contributed by atoms with E-state index in [1.165, 1.54) is 28.0 Å². The summed E-state index contributed by atoms with van der Waals surface area (Å²) in [7, 11) is 0. The van der Waals surface area contributed by atoms with E-state index in [4.69, 9.17) is 4.74 Å². The van der Waals surface area contributed by atoms with Gasteiger partial charge in [0.05, 0.1) is 17.3 Å². The van der Waals surface area contributed by atoms with Gasteiger partial charge in [-0.15, -0.1) is 10.2 Å². The van der Waals surface area contributed by atoms with Crippen molar-refractivity contribution in [2.45, 2.75) is 23.1 Å². The number of aliphatic hydroxyl groups is 1. The number of benzene rings is 3. The Kier molecular flexibility index (Phi) is 7.85. The van der Waals surface area contributed by atoms with Crippen LogP contribution in [0.15, 0.2) is 114 Å². The molecule has 0 saturated carbocycles. The molecule has 1 amide bonds. The minimum Gasteiger partial charge on any atom is -0.505 e. The fourth-order valence-corrected chi connectivity index (χ4v) is 7.56. The number of hydrogen-bond acceptors (Lipinski definition) is 9. The lowest BCUT2D eigenvalue weighted by Gasteiger charge is -2.22. The van der Waals surface area contributed by atoms with Gasteiger partial charge < -0.3 is 9.84 Å². The van der Waals surface area contributed by atoms with Gasteiger partial charge in [0.15, 0.2) is 10.1 Å². The average molecular weight is 646 g/mol. The highest BCUT2D eigenvalue weighted by atomic mass is 32.2. The van der Waals surface area contributed by atoms with Gasteiger partial charge in [-0.3, -0.25) is 18.9 Å². The summed E-state index contributed by atoms with van der Waals surface area (Å²) in [5.41, 5.74) is 3.16. The second-order valence-corrected chi connectivity index (χ2v) is 12.8. The molecule has 1 fully saturated rings. The number of ketones is 1. The van der Waals surface area contributed by atoms with Gasteiger partial charge in [-0.05, 0) is 53.1 Å². The summed E-state index contributed by atoms with van der Waals surface area (Å²) in [6.45, 7) is 5.77. The number of anilines is 1. The molecule has 0 radical (unpaired) electrons. The molecule has 0 bridgehead atoms. The van der Waals surface area contributed by atoms with Crippen molar-refractivity contribution in [1.29, 1.82) is 0 Å². The molecule has 0 aliphatic carbocycles. The summed E-state index contributed by atoms with van der Waals surface area (Å²) in [6, 6.07) is 25.9. The van der Waals surface area contributed by atoms with Crippen molar-refractivity contribution in [3.05, 3.63) is 132 Å². The van der Waals surface area contributed by atoms with Crippen molar-refractivity contribution in [2.75, 3.05) is 11.5 Å². The van der Waals surface area contributed by atoms with Crippen LogP contribution >= 0.6 is 23.1 Å². The zero-order valence-corrected chi connectivity index (χ0v) is 26.3. The lowest BCUT2D eigenvalue weighted by Crippen LogP contribution is -2.29. The van der Waals surface area contributed by atoms with Crippen LogP contribution in [0.3, 0.4) is 0 Å². The molecule has 228 valence electrons. The second-order valence-electron chi connectivity index (χ2n) is 10.6. The highest BCUT2D eigenvalue weighted by molar-refractivity contribution is 8.00. The lowest BCUT2D eigenvalue weighted by molar-refractivity contribution is -0.132. The van der Waals surface area contributed by atoms with Crippen LogP contribution in [-0.2, 0) is 15.3 Å². The Hall–Kier alpha value is -5.26. The predicted molar refractivity (Wildman–Crippen MR) is 180 cm³/mol. The Morgan fingerprint density at radius 3 is 2.63 bits per heavy atom. The third-order valence-corrected chi connectivity index (χ3v) is 9.87. The number of aryl methyl sites for hydroxylation is 1. The zero-order chi connectivity index (χ0) is 31.8. The number of aromatic nitrogens is 4. The maximum absolute atomic E-state index is 13.8. The maximum atomic E-state index is 13.8. The number of amides is 1. The van der Waals surface area contributed by atoms with Crippen LogP contribution < -0.4 is 9.64 Å². The highest BCUT2D eigenvalue weighted by Gasteiger charge is 2.49. The number of aliphatic hydroxyl groups excluding tert-OH is 1. The predicted octanol–water partition coefficient (Wildman–Crippen LogP) is 7.13. The monoisotopic (exact) mass is 645 g/mol. The van der Waals surface area contributed by atoms with Gasteiger partial charge in [-0.2, -0.15) is 0 Å². The summed E-state index contributed by atoms with van der Waals surface area (Å²) >= 11 is 2.74. The summed E-state index contributed by atoms with van der Waals surface area (Å²) < 4.78 is 8.01. The first-order valence-electron chi connectivity index (χ1n) is 14.5. The van der Waals surface area contributed by atoms with Crippen LogP contribution in [0.25, 0.3) is 22.2 Å². The van der Waals surface area contributed by atoms with Gasteiger partial charge in [0.25, 0.3) is 5.78 Å². The van der Waals surface area contributed by atoms with Gasteiger partial charge >= 0.3 is 5.91 Å². The maximum Gasteiger partial charge on any atom is 0.301 e. The quantitative estimate of drug-likeness (QED) is 0.0442. The SMILES string of the molecule is C=CCOc1ccc(C2/C(=C(\O)c3c(C)nc4ccccn34)C(=O)C(=O)N2c2nnc(SCc3cccc4ccccc34)s2)cc1. The van der Waals surface area contributed by atoms with Crippen LogP contribution in [0.1, 0.15) is 28.6 Å². The molecule has 9 nitrogen and oxygen atoms in total. The fourth-order valence-electron chi connectivity index (χ4n) is 5.69. The van der Waals surface area contributed by atoms with Crippen LogP contribution in [0, 0.1) is 6.92 Å². The van der Waals surface area contributed by atoms with Crippen LogP contribution in [0.2, 0.25) is 0 Å². The van der Waals surface area contributed by atoms with Crippen LogP contribution in [-0.4, -0.2) is 43.0 Å². The van der Waals surface area contributed by atoms with Crippen molar-refractivity contribution in [1.82, 2.24) is 19.6 Å². The van der Waals surface area contributed by atoms with E-state index in [1.54, 1.807) is 53.9 Å². The Bertz CT molecular complexity index is 2160. The standard InChI is InChI=1S/C35H27N5O4S2/c1-3-19-44-25-16-14-23(15-17-25)30-28(31(41)29-21(2)36-27-13-6-7-18-39(27)29)32(42)33(43)40(30)34-37-38-35(46-34)45-20-24-11-8-10-22-9-4-5-12-26(22)24/h3-18,30,41H,1,19-20H2,2H3/b31-28+.